The largest absolute Gasteiger partial charge is 0.316 e. The molecule has 0 radical (unpaired) electrons. The van der Waals surface area contributed by atoms with Crippen molar-refractivity contribution in [3.05, 3.63) is 29.3 Å². The van der Waals surface area contributed by atoms with Gasteiger partial charge in [-0.3, -0.25) is 0 Å². The normalized spacial score (nSPS) is 18.0. The highest BCUT2D eigenvalue weighted by atomic mass is 32.2. The Hall–Kier alpha value is -0.910. The number of hydrogen-bond acceptors (Lipinski definition) is 3. The van der Waals surface area contributed by atoms with Gasteiger partial charge in [-0.05, 0) is 49.4 Å². The number of sulfonamides is 1. The molecule has 1 saturated carbocycles. The average molecular weight is 310 g/mol. The van der Waals surface area contributed by atoms with E-state index in [4.69, 9.17) is 0 Å². The molecule has 1 fully saturated rings. The van der Waals surface area contributed by atoms with Gasteiger partial charge in [0.1, 0.15) is 0 Å². The molecule has 0 saturated heterocycles. The second-order valence-corrected chi connectivity index (χ2v) is 8.21. The Morgan fingerprint density at radius 1 is 1.24 bits per heavy atom. The molecular weight excluding hydrogens is 284 g/mol. The van der Waals surface area contributed by atoms with Gasteiger partial charge in [0, 0.05) is 13.1 Å². The minimum atomic E-state index is -3.44. The maximum Gasteiger partial charge on any atom is 0.240 e. The standard InChI is InChI=1S/C16H26N2O2S/c1-13-6-7-14(11-17-3)10-15(13)21(19,20)18-12-16(2)8-4-5-9-16/h6-7,10,17-18H,4-5,8-9,11-12H2,1-3H3. The quantitative estimate of drug-likeness (QED) is 0.849. The minimum absolute atomic E-state index is 0.115. The zero-order chi connectivity index (χ0) is 15.5. The molecule has 1 aromatic rings. The molecule has 1 aliphatic carbocycles. The number of rotatable bonds is 6. The maximum absolute atomic E-state index is 12.6. The second-order valence-electron chi connectivity index (χ2n) is 6.47. The first-order chi connectivity index (χ1) is 9.86. The smallest absolute Gasteiger partial charge is 0.240 e. The summed E-state index contributed by atoms with van der Waals surface area (Å²) < 4.78 is 28.0. The third-order valence-corrected chi connectivity index (χ3v) is 5.97. The molecule has 0 aliphatic heterocycles. The van der Waals surface area contributed by atoms with E-state index in [-0.39, 0.29) is 5.41 Å². The first kappa shape index (κ1) is 16.5. The number of benzene rings is 1. The summed E-state index contributed by atoms with van der Waals surface area (Å²) in [5.41, 5.74) is 1.89. The molecule has 0 aromatic heterocycles. The summed E-state index contributed by atoms with van der Waals surface area (Å²) in [6.07, 6.45) is 4.62. The summed E-state index contributed by atoms with van der Waals surface area (Å²) in [6.45, 7) is 5.22. The van der Waals surface area contributed by atoms with Gasteiger partial charge in [-0.25, -0.2) is 13.1 Å². The van der Waals surface area contributed by atoms with E-state index in [1.165, 1.54) is 12.8 Å². The van der Waals surface area contributed by atoms with Crippen LogP contribution in [0.15, 0.2) is 23.1 Å². The SMILES string of the molecule is CNCc1ccc(C)c(S(=O)(=O)NCC2(C)CCCC2)c1. The van der Waals surface area contributed by atoms with Crippen LogP contribution in [0, 0.1) is 12.3 Å². The Bertz CT molecular complexity index is 590. The number of hydrogen-bond donors (Lipinski definition) is 2. The van der Waals surface area contributed by atoms with Crippen molar-refractivity contribution in [2.24, 2.45) is 5.41 Å². The van der Waals surface area contributed by atoms with Gasteiger partial charge in [0.05, 0.1) is 4.90 Å². The van der Waals surface area contributed by atoms with Gasteiger partial charge in [0.25, 0.3) is 0 Å². The number of nitrogens with one attached hydrogen (secondary N) is 2. The van der Waals surface area contributed by atoms with Crippen LogP contribution in [0.3, 0.4) is 0 Å². The molecule has 0 heterocycles. The Morgan fingerprint density at radius 3 is 2.52 bits per heavy atom. The number of aryl methyl sites for hydroxylation is 1. The van der Waals surface area contributed by atoms with E-state index < -0.39 is 10.0 Å². The molecule has 1 aliphatic rings. The molecule has 118 valence electrons. The van der Waals surface area contributed by atoms with Crippen molar-refractivity contribution < 1.29 is 8.42 Å². The van der Waals surface area contributed by atoms with E-state index in [0.717, 1.165) is 24.0 Å². The van der Waals surface area contributed by atoms with E-state index in [1.54, 1.807) is 6.07 Å². The van der Waals surface area contributed by atoms with Gasteiger partial charge < -0.3 is 5.32 Å². The zero-order valence-electron chi connectivity index (χ0n) is 13.2. The van der Waals surface area contributed by atoms with Gasteiger partial charge in [-0.1, -0.05) is 31.9 Å². The first-order valence-corrected chi connectivity index (χ1v) is 9.08. The van der Waals surface area contributed by atoms with Crippen molar-refractivity contribution in [2.75, 3.05) is 13.6 Å². The topological polar surface area (TPSA) is 58.2 Å². The van der Waals surface area contributed by atoms with Crippen molar-refractivity contribution >= 4 is 10.0 Å². The van der Waals surface area contributed by atoms with E-state index in [0.29, 0.717) is 18.0 Å². The van der Waals surface area contributed by atoms with Crippen LogP contribution >= 0.6 is 0 Å². The maximum atomic E-state index is 12.6. The summed E-state index contributed by atoms with van der Waals surface area (Å²) in [4.78, 5) is 0.400. The van der Waals surface area contributed by atoms with E-state index >= 15 is 0 Å². The molecule has 1 aromatic carbocycles. The predicted molar refractivity (Wildman–Crippen MR) is 85.7 cm³/mol. The molecule has 0 atom stereocenters. The fraction of sp³-hybridized carbons (Fsp3) is 0.625. The summed E-state index contributed by atoms with van der Waals surface area (Å²) in [5.74, 6) is 0. The van der Waals surface area contributed by atoms with Gasteiger partial charge in [0.2, 0.25) is 10.0 Å². The van der Waals surface area contributed by atoms with Crippen LogP contribution in [0.5, 0.6) is 0 Å². The van der Waals surface area contributed by atoms with Crippen molar-refractivity contribution in [1.29, 1.82) is 0 Å². The highest BCUT2D eigenvalue weighted by Gasteiger charge is 2.30. The van der Waals surface area contributed by atoms with Crippen LogP contribution in [-0.4, -0.2) is 22.0 Å². The fourth-order valence-electron chi connectivity index (χ4n) is 3.00. The van der Waals surface area contributed by atoms with Crippen molar-refractivity contribution in [3.63, 3.8) is 0 Å². The lowest BCUT2D eigenvalue weighted by atomic mass is 9.89. The Labute approximate surface area is 128 Å². The van der Waals surface area contributed by atoms with Crippen molar-refractivity contribution in [2.45, 2.75) is 51.0 Å². The first-order valence-electron chi connectivity index (χ1n) is 7.60. The molecule has 0 unspecified atom stereocenters. The van der Waals surface area contributed by atoms with E-state index in [1.807, 2.05) is 26.1 Å². The highest BCUT2D eigenvalue weighted by Crippen LogP contribution is 2.37. The van der Waals surface area contributed by atoms with Crippen LogP contribution in [-0.2, 0) is 16.6 Å². The van der Waals surface area contributed by atoms with Crippen LogP contribution in [0.25, 0.3) is 0 Å². The third kappa shape index (κ3) is 4.05. The van der Waals surface area contributed by atoms with Crippen molar-refractivity contribution in [3.8, 4) is 0 Å². The lowest BCUT2D eigenvalue weighted by Crippen LogP contribution is -2.34. The predicted octanol–water partition coefficient (Wildman–Crippen LogP) is 2.57. The van der Waals surface area contributed by atoms with Crippen LogP contribution in [0.4, 0.5) is 0 Å². The van der Waals surface area contributed by atoms with E-state index in [2.05, 4.69) is 17.0 Å². The van der Waals surface area contributed by atoms with Crippen LogP contribution < -0.4 is 10.0 Å². The zero-order valence-corrected chi connectivity index (χ0v) is 14.0. The summed E-state index contributed by atoms with van der Waals surface area (Å²) in [5, 5.41) is 3.05. The van der Waals surface area contributed by atoms with Gasteiger partial charge >= 0.3 is 0 Å². The summed E-state index contributed by atoms with van der Waals surface area (Å²) in [6, 6.07) is 5.60. The highest BCUT2D eigenvalue weighted by molar-refractivity contribution is 7.89. The summed E-state index contributed by atoms with van der Waals surface area (Å²) >= 11 is 0. The molecule has 0 spiro atoms. The van der Waals surface area contributed by atoms with E-state index in [9.17, 15) is 8.42 Å². The second kappa shape index (κ2) is 6.46. The monoisotopic (exact) mass is 310 g/mol. The Kier molecular flexibility index (Phi) is 5.07. The lowest BCUT2D eigenvalue weighted by molar-refractivity contribution is 0.336. The van der Waals surface area contributed by atoms with Crippen LogP contribution in [0.2, 0.25) is 0 Å². The molecule has 21 heavy (non-hydrogen) atoms. The third-order valence-electron chi connectivity index (χ3n) is 4.42. The minimum Gasteiger partial charge on any atom is -0.316 e. The van der Waals surface area contributed by atoms with Crippen LogP contribution in [0.1, 0.15) is 43.7 Å². The van der Waals surface area contributed by atoms with Crippen molar-refractivity contribution in [1.82, 2.24) is 10.0 Å². The Balaban J connectivity index is 2.16. The molecule has 0 amide bonds. The van der Waals surface area contributed by atoms with Gasteiger partial charge in [-0.2, -0.15) is 0 Å². The molecule has 2 N–H and O–H groups in total. The molecule has 5 heteroatoms. The molecular formula is C16H26N2O2S. The fourth-order valence-corrected chi connectivity index (χ4v) is 4.49. The molecule has 4 nitrogen and oxygen atoms in total. The van der Waals surface area contributed by atoms with Gasteiger partial charge in [-0.15, -0.1) is 0 Å². The summed E-state index contributed by atoms with van der Waals surface area (Å²) in [7, 11) is -1.58. The lowest BCUT2D eigenvalue weighted by Gasteiger charge is -2.24. The average Bonchev–Trinajstić information content (AvgIpc) is 2.87. The van der Waals surface area contributed by atoms with Gasteiger partial charge in [0.15, 0.2) is 0 Å². The Morgan fingerprint density at radius 2 is 1.90 bits per heavy atom. The molecule has 0 bridgehead atoms. The molecule has 2 rings (SSSR count).